The van der Waals surface area contributed by atoms with Crippen molar-refractivity contribution < 1.29 is 4.79 Å². The Morgan fingerprint density at radius 1 is 1.47 bits per heavy atom. The number of halogens is 1. The quantitative estimate of drug-likeness (QED) is 0.835. The molecule has 0 aromatic heterocycles. The molecule has 82 valence electrons. The summed E-state index contributed by atoms with van der Waals surface area (Å²) < 4.78 is 0. The highest BCUT2D eigenvalue weighted by Crippen LogP contribution is 2.13. The molecule has 1 aromatic rings. The van der Waals surface area contributed by atoms with Gasteiger partial charge in [-0.2, -0.15) is 0 Å². The van der Waals surface area contributed by atoms with Crippen molar-refractivity contribution in [3.63, 3.8) is 0 Å². The molecule has 0 aliphatic rings. The fourth-order valence-electron chi connectivity index (χ4n) is 1.27. The van der Waals surface area contributed by atoms with E-state index < -0.39 is 0 Å². The second kappa shape index (κ2) is 5.91. The molecule has 2 nitrogen and oxygen atoms in total. The first kappa shape index (κ1) is 12.2. The Morgan fingerprint density at radius 2 is 2.20 bits per heavy atom. The van der Waals surface area contributed by atoms with Crippen LogP contribution < -0.4 is 5.32 Å². The second-order valence-corrected chi connectivity index (χ2v) is 4.52. The highest BCUT2D eigenvalue weighted by atomic mass is 79.9. The molecule has 0 saturated carbocycles. The van der Waals surface area contributed by atoms with E-state index in [1.165, 1.54) is 5.56 Å². The first-order chi connectivity index (χ1) is 7.17. The van der Waals surface area contributed by atoms with E-state index in [0.717, 1.165) is 18.5 Å². The minimum Gasteiger partial charge on any atom is -0.325 e. The van der Waals surface area contributed by atoms with Crippen LogP contribution in [0.4, 0.5) is 5.69 Å². The minimum absolute atomic E-state index is 0.0192. The number of amides is 1. The lowest BCUT2D eigenvalue weighted by molar-refractivity contribution is -0.115. The molecule has 0 aliphatic carbocycles. The monoisotopic (exact) mass is 269 g/mol. The van der Waals surface area contributed by atoms with Crippen molar-refractivity contribution >= 4 is 27.5 Å². The van der Waals surface area contributed by atoms with Crippen molar-refractivity contribution in [1.29, 1.82) is 0 Å². The zero-order valence-electron chi connectivity index (χ0n) is 9.09. The highest BCUT2D eigenvalue weighted by molar-refractivity contribution is 9.10. The largest absolute Gasteiger partial charge is 0.325 e. The minimum atomic E-state index is -0.109. The Bertz CT molecular complexity index is 338. The second-order valence-electron chi connectivity index (χ2n) is 3.42. The first-order valence-corrected chi connectivity index (χ1v) is 6.12. The summed E-state index contributed by atoms with van der Waals surface area (Å²) in [4.78, 5) is 11.5. The van der Waals surface area contributed by atoms with E-state index in [-0.39, 0.29) is 10.7 Å². The van der Waals surface area contributed by atoms with Gasteiger partial charge < -0.3 is 5.32 Å². The smallest absolute Gasteiger partial charge is 0.238 e. The van der Waals surface area contributed by atoms with Crippen molar-refractivity contribution in [2.45, 2.75) is 31.5 Å². The van der Waals surface area contributed by atoms with Gasteiger partial charge in [-0.25, -0.2) is 0 Å². The molecule has 1 amide bonds. The van der Waals surface area contributed by atoms with Crippen molar-refractivity contribution in [3.05, 3.63) is 29.8 Å². The van der Waals surface area contributed by atoms with Gasteiger partial charge in [-0.05, 0) is 30.5 Å². The van der Waals surface area contributed by atoms with Gasteiger partial charge in [0.05, 0.1) is 4.83 Å². The maximum Gasteiger partial charge on any atom is 0.238 e. The molecule has 0 unspecified atom stereocenters. The first-order valence-electron chi connectivity index (χ1n) is 5.21. The van der Waals surface area contributed by atoms with Crippen LogP contribution in [-0.2, 0) is 11.2 Å². The molecule has 3 heteroatoms. The van der Waals surface area contributed by atoms with Gasteiger partial charge in [0.2, 0.25) is 5.91 Å². The number of alkyl halides is 1. The van der Waals surface area contributed by atoms with E-state index in [0.29, 0.717) is 0 Å². The molecule has 0 radical (unpaired) electrons. The number of hydrogen-bond acceptors (Lipinski definition) is 1. The molecule has 1 atom stereocenters. The average molecular weight is 270 g/mol. The van der Waals surface area contributed by atoms with E-state index in [2.05, 4.69) is 34.2 Å². The zero-order valence-corrected chi connectivity index (χ0v) is 10.7. The van der Waals surface area contributed by atoms with E-state index in [4.69, 9.17) is 0 Å². The summed E-state index contributed by atoms with van der Waals surface area (Å²) in [6.07, 6.45) is 1.77. The molecule has 1 aromatic carbocycles. The third-order valence-electron chi connectivity index (χ3n) is 2.25. The van der Waals surface area contributed by atoms with Crippen LogP contribution >= 0.6 is 15.9 Å². The van der Waals surface area contributed by atoms with Gasteiger partial charge in [0.25, 0.3) is 0 Å². The molecular weight excluding hydrogens is 254 g/mol. The lowest BCUT2D eigenvalue weighted by Gasteiger charge is -2.09. The van der Waals surface area contributed by atoms with Crippen LogP contribution in [0, 0.1) is 0 Å². The molecule has 0 spiro atoms. The SMILES string of the molecule is CCc1cccc(NC(=O)[C@@H](Br)CC)c1. The van der Waals surface area contributed by atoms with Crippen LogP contribution in [0.2, 0.25) is 0 Å². The molecule has 1 N–H and O–H groups in total. The summed E-state index contributed by atoms with van der Waals surface area (Å²) in [5.41, 5.74) is 2.10. The van der Waals surface area contributed by atoms with Crippen LogP contribution in [0.1, 0.15) is 25.8 Å². The number of carbonyl (C=O) groups is 1. The fourth-order valence-corrected chi connectivity index (χ4v) is 1.39. The molecule has 1 rings (SSSR count). The van der Waals surface area contributed by atoms with E-state index in [1.54, 1.807) is 0 Å². The number of aryl methyl sites for hydroxylation is 1. The highest BCUT2D eigenvalue weighted by Gasteiger charge is 2.11. The fraction of sp³-hybridized carbons (Fsp3) is 0.417. The Hall–Kier alpha value is -0.830. The van der Waals surface area contributed by atoms with Crippen LogP contribution in [0.15, 0.2) is 24.3 Å². The van der Waals surface area contributed by atoms with Crippen LogP contribution in [0.25, 0.3) is 0 Å². The zero-order chi connectivity index (χ0) is 11.3. The molecule has 0 aliphatic heterocycles. The molecule has 0 heterocycles. The summed E-state index contributed by atoms with van der Waals surface area (Å²) in [6, 6.07) is 7.93. The maximum absolute atomic E-state index is 11.6. The molecule has 15 heavy (non-hydrogen) atoms. The van der Waals surface area contributed by atoms with Gasteiger partial charge in [-0.1, -0.05) is 41.9 Å². The van der Waals surface area contributed by atoms with Gasteiger partial charge in [0.1, 0.15) is 0 Å². The number of rotatable bonds is 4. The van der Waals surface area contributed by atoms with Crippen LogP contribution in [-0.4, -0.2) is 10.7 Å². The van der Waals surface area contributed by atoms with Crippen molar-refractivity contribution in [2.24, 2.45) is 0 Å². The number of benzene rings is 1. The predicted molar refractivity (Wildman–Crippen MR) is 67.5 cm³/mol. The summed E-state index contributed by atoms with van der Waals surface area (Å²) in [5, 5.41) is 2.88. The van der Waals surface area contributed by atoms with E-state index in [1.807, 2.05) is 25.1 Å². The molecule has 0 saturated heterocycles. The Balaban J connectivity index is 2.68. The summed E-state index contributed by atoms with van der Waals surface area (Å²) in [6.45, 7) is 4.07. The standard InChI is InChI=1S/C12H16BrNO/c1-3-9-6-5-7-10(8-9)14-12(15)11(13)4-2/h5-8,11H,3-4H2,1-2H3,(H,14,15)/t11-/m0/s1. The van der Waals surface area contributed by atoms with Gasteiger partial charge >= 0.3 is 0 Å². The number of carbonyl (C=O) groups excluding carboxylic acids is 1. The molecular formula is C12H16BrNO. The van der Waals surface area contributed by atoms with E-state index >= 15 is 0 Å². The lowest BCUT2D eigenvalue weighted by atomic mass is 10.1. The molecule has 0 fully saturated rings. The van der Waals surface area contributed by atoms with Crippen molar-refractivity contribution in [1.82, 2.24) is 0 Å². The third kappa shape index (κ3) is 3.67. The van der Waals surface area contributed by atoms with Crippen molar-refractivity contribution in [3.8, 4) is 0 Å². The Labute approximate surface area is 99.2 Å². The van der Waals surface area contributed by atoms with Gasteiger partial charge in [-0.3, -0.25) is 4.79 Å². The van der Waals surface area contributed by atoms with Gasteiger partial charge in [0.15, 0.2) is 0 Å². The third-order valence-corrected chi connectivity index (χ3v) is 3.31. The van der Waals surface area contributed by atoms with Gasteiger partial charge in [-0.15, -0.1) is 0 Å². The Kier molecular flexibility index (Phi) is 4.82. The van der Waals surface area contributed by atoms with Crippen molar-refractivity contribution in [2.75, 3.05) is 5.32 Å². The van der Waals surface area contributed by atoms with Crippen LogP contribution in [0.3, 0.4) is 0 Å². The topological polar surface area (TPSA) is 29.1 Å². The average Bonchev–Trinajstić information content (AvgIpc) is 2.28. The lowest BCUT2D eigenvalue weighted by Crippen LogP contribution is -2.21. The normalized spacial score (nSPS) is 12.2. The van der Waals surface area contributed by atoms with E-state index in [9.17, 15) is 4.79 Å². The predicted octanol–water partition coefficient (Wildman–Crippen LogP) is 3.36. The van der Waals surface area contributed by atoms with Gasteiger partial charge in [0, 0.05) is 5.69 Å². The maximum atomic E-state index is 11.6. The number of hydrogen-bond donors (Lipinski definition) is 1. The summed E-state index contributed by atoms with van der Waals surface area (Å²) >= 11 is 3.32. The summed E-state index contributed by atoms with van der Waals surface area (Å²) in [5.74, 6) is 0.0192. The number of anilines is 1. The Morgan fingerprint density at radius 3 is 2.80 bits per heavy atom. The van der Waals surface area contributed by atoms with Crippen LogP contribution in [0.5, 0.6) is 0 Å². The summed E-state index contributed by atoms with van der Waals surface area (Å²) in [7, 11) is 0. The number of nitrogens with one attached hydrogen (secondary N) is 1. The molecule has 0 bridgehead atoms.